The van der Waals surface area contributed by atoms with Gasteiger partial charge in [-0.2, -0.15) is 0 Å². The van der Waals surface area contributed by atoms with Gasteiger partial charge in [-0.15, -0.1) is 0 Å². The van der Waals surface area contributed by atoms with Crippen LogP contribution in [0.15, 0.2) is 46.9 Å². The van der Waals surface area contributed by atoms with Crippen molar-refractivity contribution in [2.24, 2.45) is 5.84 Å². The average Bonchev–Trinajstić information content (AvgIpc) is 2.41. The van der Waals surface area contributed by atoms with Crippen molar-refractivity contribution in [2.45, 2.75) is 12.5 Å². The van der Waals surface area contributed by atoms with Crippen LogP contribution in [-0.2, 0) is 6.42 Å². The second kappa shape index (κ2) is 6.73. The summed E-state index contributed by atoms with van der Waals surface area (Å²) in [5, 5.41) is 1.12. The number of hydrogen-bond donors (Lipinski definition) is 2. The van der Waals surface area contributed by atoms with Crippen molar-refractivity contribution < 1.29 is 0 Å². The Morgan fingerprint density at radius 1 is 1.05 bits per heavy atom. The van der Waals surface area contributed by atoms with E-state index in [9.17, 15) is 0 Å². The molecule has 0 spiro atoms. The zero-order valence-electron chi connectivity index (χ0n) is 10.0. The molecule has 0 bridgehead atoms. The highest BCUT2D eigenvalue weighted by molar-refractivity contribution is 9.10. The predicted octanol–water partition coefficient (Wildman–Crippen LogP) is 4.50. The van der Waals surface area contributed by atoms with Crippen molar-refractivity contribution >= 4 is 39.1 Å². The van der Waals surface area contributed by atoms with Gasteiger partial charge in [0.15, 0.2) is 0 Å². The van der Waals surface area contributed by atoms with Crippen LogP contribution in [0.25, 0.3) is 0 Å². The summed E-state index contributed by atoms with van der Waals surface area (Å²) in [6, 6.07) is 13.7. The SMILES string of the molecule is NNC(Cc1ccc(Cl)c(Cl)c1)c1ccc(Br)cc1. The van der Waals surface area contributed by atoms with Gasteiger partial charge in [-0.05, 0) is 41.8 Å². The molecule has 2 aromatic rings. The smallest absolute Gasteiger partial charge is 0.0595 e. The van der Waals surface area contributed by atoms with Crippen LogP contribution in [0.4, 0.5) is 0 Å². The zero-order chi connectivity index (χ0) is 13.8. The number of nitrogens with one attached hydrogen (secondary N) is 1. The van der Waals surface area contributed by atoms with Gasteiger partial charge in [-0.1, -0.05) is 57.3 Å². The molecule has 2 rings (SSSR count). The summed E-state index contributed by atoms with van der Waals surface area (Å²) in [5.41, 5.74) is 5.03. The average molecular weight is 360 g/mol. The maximum Gasteiger partial charge on any atom is 0.0595 e. The topological polar surface area (TPSA) is 38.0 Å². The van der Waals surface area contributed by atoms with Crippen LogP contribution in [-0.4, -0.2) is 0 Å². The third-order valence-corrected chi connectivity index (χ3v) is 4.17. The van der Waals surface area contributed by atoms with E-state index in [1.807, 2.05) is 36.4 Å². The van der Waals surface area contributed by atoms with Crippen molar-refractivity contribution in [1.82, 2.24) is 5.43 Å². The number of hydrazine groups is 1. The quantitative estimate of drug-likeness (QED) is 0.622. The van der Waals surface area contributed by atoms with Crippen LogP contribution in [0.3, 0.4) is 0 Å². The highest BCUT2D eigenvalue weighted by Gasteiger charge is 2.11. The van der Waals surface area contributed by atoms with E-state index in [0.717, 1.165) is 22.0 Å². The number of benzene rings is 2. The van der Waals surface area contributed by atoms with E-state index in [4.69, 9.17) is 29.0 Å². The Balaban J connectivity index is 2.18. The Morgan fingerprint density at radius 2 is 1.74 bits per heavy atom. The lowest BCUT2D eigenvalue weighted by Gasteiger charge is -2.17. The van der Waals surface area contributed by atoms with Gasteiger partial charge < -0.3 is 0 Å². The summed E-state index contributed by atoms with van der Waals surface area (Å²) in [6.07, 6.45) is 0.745. The lowest BCUT2D eigenvalue weighted by molar-refractivity contribution is 0.552. The van der Waals surface area contributed by atoms with Crippen LogP contribution in [0, 0.1) is 0 Å². The lowest BCUT2D eigenvalue weighted by atomic mass is 9.99. The molecule has 0 saturated carbocycles. The third-order valence-electron chi connectivity index (χ3n) is 2.90. The standard InChI is InChI=1S/C14H13BrCl2N2/c15-11-4-2-10(3-5-11)14(19-18)8-9-1-6-12(16)13(17)7-9/h1-7,14,19H,8,18H2. The largest absolute Gasteiger partial charge is 0.271 e. The first-order valence-electron chi connectivity index (χ1n) is 5.75. The van der Waals surface area contributed by atoms with Crippen molar-refractivity contribution in [3.8, 4) is 0 Å². The summed E-state index contributed by atoms with van der Waals surface area (Å²) in [7, 11) is 0. The van der Waals surface area contributed by atoms with E-state index >= 15 is 0 Å². The van der Waals surface area contributed by atoms with E-state index in [0.29, 0.717) is 10.0 Å². The van der Waals surface area contributed by atoms with Gasteiger partial charge in [0.1, 0.15) is 0 Å². The molecule has 1 unspecified atom stereocenters. The van der Waals surface area contributed by atoms with Crippen LogP contribution in [0.1, 0.15) is 17.2 Å². The number of rotatable bonds is 4. The van der Waals surface area contributed by atoms with Gasteiger partial charge in [0.25, 0.3) is 0 Å². The van der Waals surface area contributed by atoms with Crippen molar-refractivity contribution in [1.29, 1.82) is 0 Å². The zero-order valence-corrected chi connectivity index (χ0v) is 13.1. The Labute approximate surface area is 131 Å². The highest BCUT2D eigenvalue weighted by atomic mass is 79.9. The minimum absolute atomic E-state index is 0.0327. The van der Waals surface area contributed by atoms with Gasteiger partial charge in [-0.3, -0.25) is 11.3 Å². The molecule has 2 nitrogen and oxygen atoms in total. The molecule has 0 aliphatic rings. The summed E-state index contributed by atoms with van der Waals surface area (Å²) >= 11 is 15.3. The molecule has 0 fully saturated rings. The molecule has 0 amide bonds. The van der Waals surface area contributed by atoms with Gasteiger partial charge >= 0.3 is 0 Å². The summed E-state index contributed by atoms with van der Waals surface area (Å²) in [6.45, 7) is 0. The van der Waals surface area contributed by atoms with E-state index in [1.165, 1.54) is 0 Å². The van der Waals surface area contributed by atoms with E-state index in [2.05, 4.69) is 21.4 Å². The first-order valence-corrected chi connectivity index (χ1v) is 7.30. The highest BCUT2D eigenvalue weighted by Crippen LogP contribution is 2.26. The van der Waals surface area contributed by atoms with Crippen LogP contribution >= 0.6 is 39.1 Å². The van der Waals surface area contributed by atoms with Crippen LogP contribution < -0.4 is 11.3 Å². The fourth-order valence-electron chi connectivity index (χ4n) is 1.87. The van der Waals surface area contributed by atoms with Crippen LogP contribution in [0.2, 0.25) is 10.0 Å². The Bertz CT molecular complexity index is 558. The first-order chi connectivity index (χ1) is 9.10. The molecule has 0 saturated heterocycles. The Morgan fingerprint density at radius 3 is 2.32 bits per heavy atom. The molecule has 100 valence electrons. The molecule has 0 aromatic heterocycles. The monoisotopic (exact) mass is 358 g/mol. The predicted molar refractivity (Wildman–Crippen MR) is 84.4 cm³/mol. The minimum Gasteiger partial charge on any atom is -0.271 e. The molecule has 0 aliphatic carbocycles. The molecule has 3 N–H and O–H groups in total. The Kier molecular flexibility index (Phi) is 5.25. The number of hydrogen-bond acceptors (Lipinski definition) is 2. The summed E-state index contributed by atoms with van der Waals surface area (Å²) in [4.78, 5) is 0. The lowest BCUT2D eigenvalue weighted by Crippen LogP contribution is -2.29. The van der Waals surface area contributed by atoms with Crippen LogP contribution in [0.5, 0.6) is 0 Å². The van der Waals surface area contributed by atoms with Crippen molar-refractivity contribution in [3.63, 3.8) is 0 Å². The Hall–Kier alpha value is -0.580. The molecule has 19 heavy (non-hydrogen) atoms. The van der Waals surface area contributed by atoms with Crippen molar-refractivity contribution in [2.75, 3.05) is 0 Å². The molecular weight excluding hydrogens is 347 g/mol. The third kappa shape index (κ3) is 3.94. The normalized spacial score (nSPS) is 12.4. The summed E-state index contributed by atoms with van der Waals surface area (Å²) < 4.78 is 1.04. The van der Waals surface area contributed by atoms with E-state index < -0.39 is 0 Å². The van der Waals surface area contributed by atoms with E-state index in [-0.39, 0.29) is 6.04 Å². The van der Waals surface area contributed by atoms with Gasteiger partial charge in [0.2, 0.25) is 0 Å². The molecule has 0 aliphatic heterocycles. The van der Waals surface area contributed by atoms with Gasteiger partial charge in [0, 0.05) is 10.5 Å². The fraction of sp³-hybridized carbons (Fsp3) is 0.143. The molecule has 1 atom stereocenters. The molecular formula is C14H13BrCl2N2. The number of halogens is 3. The minimum atomic E-state index is 0.0327. The van der Waals surface area contributed by atoms with Crippen molar-refractivity contribution in [3.05, 3.63) is 68.1 Å². The maximum atomic E-state index is 6.02. The summed E-state index contributed by atoms with van der Waals surface area (Å²) in [5.74, 6) is 5.64. The molecule has 5 heteroatoms. The molecule has 2 aromatic carbocycles. The fourth-order valence-corrected chi connectivity index (χ4v) is 2.46. The maximum absolute atomic E-state index is 6.02. The first kappa shape index (κ1) is 14.8. The second-order valence-corrected chi connectivity index (χ2v) is 5.95. The van der Waals surface area contributed by atoms with E-state index in [1.54, 1.807) is 6.07 Å². The second-order valence-electron chi connectivity index (χ2n) is 4.22. The molecule has 0 radical (unpaired) electrons. The van der Waals surface area contributed by atoms with Gasteiger partial charge in [0.05, 0.1) is 10.0 Å². The van der Waals surface area contributed by atoms with Gasteiger partial charge in [-0.25, -0.2) is 0 Å². The number of nitrogens with two attached hydrogens (primary N) is 1. The molecule has 0 heterocycles.